The molecule has 1 saturated heterocycles. The highest BCUT2D eigenvalue weighted by Crippen LogP contribution is 2.22. The predicted octanol–water partition coefficient (Wildman–Crippen LogP) is 1.74. The van der Waals surface area contributed by atoms with E-state index in [4.69, 9.17) is 10.5 Å². The molecule has 3 N–H and O–H groups in total. The number of aromatic nitrogens is 1. The largest absolute Gasteiger partial charge is 0.462 e. The molecule has 6 nitrogen and oxygen atoms in total. The summed E-state index contributed by atoms with van der Waals surface area (Å²) in [5.41, 5.74) is 6.75. The van der Waals surface area contributed by atoms with Gasteiger partial charge >= 0.3 is 5.97 Å². The topological polar surface area (TPSA) is 80.5 Å². The van der Waals surface area contributed by atoms with Crippen molar-refractivity contribution in [2.24, 2.45) is 0 Å². The van der Waals surface area contributed by atoms with E-state index >= 15 is 0 Å². The number of pyridine rings is 1. The number of rotatable bonds is 5. The molecule has 0 bridgehead atoms. The molecule has 0 saturated carbocycles. The highest BCUT2D eigenvalue weighted by atomic mass is 16.5. The van der Waals surface area contributed by atoms with Crippen LogP contribution in [0.2, 0.25) is 0 Å². The standard InChI is InChI=1S/C15H24N4O2/c1-3-21-15(20)12-7-8-17-14(13(12)16)18-10-11-6-4-5-9-19(11)2/h7-8,11H,3-6,9-10,16H2,1-2H3,(H,17,18). The normalized spacial score (nSPS) is 19.2. The fourth-order valence-corrected chi connectivity index (χ4v) is 2.62. The first-order valence-corrected chi connectivity index (χ1v) is 7.49. The summed E-state index contributed by atoms with van der Waals surface area (Å²) in [5, 5.41) is 3.26. The van der Waals surface area contributed by atoms with Crippen molar-refractivity contribution in [1.29, 1.82) is 0 Å². The van der Waals surface area contributed by atoms with Gasteiger partial charge in [-0.05, 0) is 39.4 Å². The maximum atomic E-state index is 11.8. The van der Waals surface area contributed by atoms with Crippen LogP contribution >= 0.6 is 0 Å². The highest BCUT2D eigenvalue weighted by molar-refractivity contribution is 5.97. The number of likely N-dealkylation sites (tertiary alicyclic amines) is 1. The molecule has 1 aromatic rings. The molecule has 1 atom stereocenters. The third-order valence-corrected chi connectivity index (χ3v) is 3.91. The Morgan fingerprint density at radius 2 is 2.38 bits per heavy atom. The summed E-state index contributed by atoms with van der Waals surface area (Å²) < 4.78 is 4.99. The first-order chi connectivity index (χ1) is 10.1. The molecule has 1 unspecified atom stereocenters. The Kier molecular flexibility index (Phi) is 5.38. The summed E-state index contributed by atoms with van der Waals surface area (Å²) in [7, 11) is 2.14. The van der Waals surface area contributed by atoms with Crippen LogP contribution in [0.1, 0.15) is 36.5 Å². The van der Waals surface area contributed by atoms with E-state index < -0.39 is 5.97 Å². The SMILES string of the molecule is CCOC(=O)c1ccnc(NCC2CCCCN2C)c1N. The quantitative estimate of drug-likeness (QED) is 0.805. The Morgan fingerprint density at radius 3 is 3.10 bits per heavy atom. The van der Waals surface area contributed by atoms with Gasteiger partial charge in [-0.3, -0.25) is 0 Å². The van der Waals surface area contributed by atoms with E-state index in [0.29, 0.717) is 29.7 Å². The first kappa shape index (κ1) is 15.6. The van der Waals surface area contributed by atoms with Crippen LogP contribution in [-0.2, 0) is 4.74 Å². The van der Waals surface area contributed by atoms with Crippen molar-refractivity contribution in [2.75, 3.05) is 37.8 Å². The van der Waals surface area contributed by atoms with Crippen LogP contribution < -0.4 is 11.1 Å². The number of hydrogen-bond acceptors (Lipinski definition) is 6. The van der Waals surface area contributed by atoms with E-state index in [1.165, 1.54) is 19.3 Å². The second-order valence-electron chi connectivity index (χ2n) is 5.35. The van der Waals surface area contributed by atoms with Crippen LogP contribution in [-0.4, -0.2) is 48.6 Å². The second-order valence-corrected chi connectivity index (χ2v) is 5.35. The number of piperidine rings is 1. The van der Waals surface area contributed by atoms with Gasteiger partial charge in [0.2, 0.25) is 0 Å². The Bertz CT molecular complexity index is 493. The average Bonchev–Trinajstić information content (AvgIpc) is 2.48. The molecule has 2 rings (SSSR count). The van der Waals surface area contributed by atoms with E-state index in [2.05, 4.69) is 22.2 Å². The van der Waals surface area contributed by atoms with Gasteiger partial charge in [0.15, 0.2) is 0 Å². The summed E-state index contributed by atoms with van der Waals surface area (Å²) >= 11 is 0. The molecule has 2 heterocycles. The van der Waals surface area contributed by atoms with Crippen LogP contribution in [0.4, 0.5) is 11.5 Å². The summed E-state index contributed by atoms with van der Waals surface area (Å²) in [6.07, 6.45) is 5.25. The molecule has 0 aromatic carbocycles. The maximum absolute atomic E-state index is 11.8. The highest BCUT2D eigenvalue weighted by Gasteiger charge is 2.20. The molecule has 1 aromatic heterocycles. The Morgan fingerprint density at radius 1 is 1.57 bits per heavy atom. The van der Waals surface area contributed by atoms with Crippen molar-refractivity contribution >= 4 is 17.5 Å². The number of carbonyl (C=O) groups is 1. The fraction of sp³-hybridized carbons (Fsp3) is 0.600. The van der Waals surface area contributed by atoms with Crippen LogP contribution in [0.15, 0.2) is 12.3 Å². The molecule has 116 valence electrons. The number of likely N-dealkylation sites (N-methyl/N-ethyl adjacent to an activating group) is 1. The molecule has 6 heteroatoms. The van der Waals surface area contributed by atoms with Crippen molar-refractivity contribution in [3.05, 3.63) is 17.8 Å². The van der Waals surface area contributed by atoms with Crippen LogP contribution in [0.5, 0.6) is 0 Å². The van der Waals surface area contributed by atoms with Gasteiger partial charge in [0, 0.05) is 18.8 Å². The predicted molar refractivity (Wildman–Crippen MR) is 83.4 cm³/mol. The van der Waals surface area contributed by atoms with Crippen molar-refractivity contribution in [3.63, 3.8) is 0 Å². The van der Waals surface area contributed by atoms with Crippen LogP contribution in [0.3, 0.4) is 0 Å². The molecule has 0 radical (unpaired) electrons. The molecule has 1 fully saturated rings. The number of carbonyl (C=O) groups excluding carboxylic acids is 1. The molecular weight excluding hydrogens is 268 g/mol. The van der Waals surface area contributed by atoms with Gasteiger partial charge in [0.05, 0.1) is 17.9 Å². The second kappa shape index (κ2) is 7.26. The molecule has 1 aliphatic heterocycles. The first-order valence-electron chi connectivity index (χ1n) is 7.49. The van der Waals surface area contributed by atoms with E-state index in [1.807, 2.05) is 0 Å². The lowest BCUT2D eigenvalue weighted by Crippen LogP contribution is -2.41. The average molecular weight is 292 g/mol. The molecule has 21 heavy (non-hydrogen) atoms. The van der Waals surface area contributed by atoms with Crippen molar-refractivity contribution in [1.82, 2.24) is 9.88 Å². The number of nitrogens with one attached hydrogen (secondary N) is 1. The number of esters is 1. The zero-order valence-corrected chi connectivity index (χ0v) is 12.8. The molecular formula is C15H24N4O2. The van der Waals surface area contributed by atoms with Crippen LogP contribution in [0, 0.1) is 0 Å². The van der Waals surface area contributed by atoms with Crippen LogP contribution in [0.25, 0.3) is 0 Å². The van der Waals surface area contributed by atoms with E-state index in [9.17, 15) is 4.79 Å². The number of nitrogens with zero attached hydrogens (tertiary/aromatic N) is 2. The number of ether oxygens (including phenoxy) is 1. The zero-order chi connectivity index (χ0) is 15.2. The van der Waals surface area contributed by atoms with Crippen molar-refractivity contribution in [3.8, 4) is 0 Å². The van der Waals surface area contributed by atoms with Crippen molar-refractivity contribution < 1.29 is 9.53 Å². The van der Waals surface area contributed by atoms with E-state index in [1.54, 1.807) is 19.2 Å². The van der Waals surface area contributed by atoms with Crippen molar-refractivity contribution in [2.45, 2.75) is 32.2 Å². The number of hydrogen-bond donors (Lipinski definition) is 2. The monoisotopic (exact) mass is 292 g/mol. The maximum Gasteiger partial charge on any atom is 0.340 e. The summed E-state index contributed by atoms with van der Waals surface area (Å²) in [5.74, 6) is 0.148. The molecule has 0 aliphatic carbocycles. The van der Waals surface area contributed by atoms with Gasteiger partial charge in [-0.2, -0.15) is 0 Å². The molecule has 0 amide bonds. The lowest BCUT2D eigenvalue weighted by atomic mass is 10.0. The minimum absolute atomic E-state index is 0.330. The Labute approximate surface area is 125 Å². The molecule has 1 aliphatic rings. The number of nitrogens with two attached hydrogens (primary N) is 1. The van der Waals surface area contributed by atoms with Gasteiger partial charge in [0.1, 0.15) is 5.82 Å². The minimum Gasteiger partial charge on any atom is -0.462 e. The van der Waals surface area contributed by atoms with Gasteiger partial charge < -0.3 is 20.7 Å². The van der Waals surface area contributed by atoms with Gasteiger partial charge in [0.25, 0.3) is 0 Å². The number of nitrogen functional groups attached to an aromatic ring is 1. The smallest absolute Gasteiger partial charge is 0.340 e. The lowest BCUT2D eigenvalue weighted by Gasteiger charge is -2.32. The Balaban J connectivity index is 2.03. The summed E-state index contributed by atoms with van der Waals surface area (Å²) in [6, 6.07) is 2.07. The fourth-order valence-electron chi connectivity index (χ4n) is 2.62. The van der Waals surface area contributed by atoms with Gasteiger partial charge in [-0.15, -0.1) is 0 Å². The van der Waals surface area contributed by atoms with E-state index in [0.717, 1.165) is 13.1 Å². The lowest BCUT2D eigenvalue weighted by molar-refractivity contribution is 0.0527. The third-order valence-electron chi connectivity index (χ3n) is 3.91. The summed E-state index contributed by atoms with van der Waals surface area (Å²) in [4.78, 5) is 18.4. The minimum atomic E-state index is -0.407. The van der Waals surface area contributed by atoms with E-state index in [-0.39, 0.29) is 0 Å². The molecule has 0 spiro atoms. The van der Waals surface area contributed by atoms with Gasteiger partial charge in [-0.1, -0.05) is 6.42 Å². The van der Waals surface area contributed by atoms with Gasteiger partial charge in [-0.25, -0.2) is 9.78 Å². The third kappa shape index (κ3) is 3.85. The number of anilines is 2. The Hall–Kier alpha value is -1.82. The zero-order valence-electron chi connectivity index (χ0n) is 12.8. The summed E-state index contributed by atoms with van der Waals surface area (Å²) in [6.45, 7) is 4.00.